The molecule has 10 nitrogen and oxygen atoms in total. The Bertz CT molecular complexity index is 1960. The minimum Gasteiger partial charge on any atom is -0.508 e. The van der Waals surface area contributed by atoms with E-state index in [9.17, 15) is 14.3 Å². The van der Waals surface area contributed by atoms with Gasteiger partial charge in [-0.3, -0.25) is 14.7 Å². The van der Waals surface area contributed by atoms with Gasteiger partial charge < -0.3 is 25.0 Å². The molecule has 5 saturated heterocycles. The molecule has 2 bridgehead atoms. The summed E-state index contributed by atoms with van der Waals surface area (Å²) in [5.41, 5.74) is -0.571. The Morgan fingerprint density at radius 1 is 1.08 bits per heavy atom. The molecule has 2 aromatic carbocycles. The van der Waals surface area contributed by atoms with Crippen molar-refractivity contribution in [3.63, 3.8) is 0 Å². The first-order valence-electron chi connectivity index (χ1n) is 17.4. The maximum Gasteiger partial charge on any atom is 0.319 e. The van der Waals surface area contributed by atoms with Gasteiger partial charge >= 0.3 is 6.01 Å². The summed E-state index contributed by atoms with van der Waals surface area (Å²) in [5, 5.41) is 14.7. The van der Waals surface area contributed by atoms with Crippen LogP contribution in [0.3, 0.4) is 0 Å². The Balaban J connectivity index is 1.13. The number of hydrogen-bond donors (Lipinski definition) is 2. The lowest BCUT2D eigenvalue weighted by Crippen LogP contribution is -2.59. The molecule has 0 saturated carbocycles. The van der Waals surface area contributed by atoms with E-state index in [1.165, 1.54) is 30.5 Å². The number of benzene rings is 2. The number of ether oxygens (including phenoxy) is 1. The summed E-state index contributed by atoms with van der Waals surface area (Å²) in [7, 11) is 0. The van der Waals surface area contributed by atoms with Crippen LogP contribution in [0.4, 0.5) is 19.0 Å². The van der Waals surface area contributed by atoms with Crippen LogP contribution >= 0.6 is 0 Å². The van der Waals surface area contributed by atoms with Gasteiger partial charge in [-0.25, -0.2) is 13.2 Å². The third-order valence-electron chi connectivity index (χ3n) is 11.4. The Labute approximate surface area is 281 Å². The largest absolute Gasteiger partial charge is 0.508 e. The topological polar surface area (TPSA) is 107 Å². The first-order chi connectivity index (χ1) is 23.8. The standard InChI is InChI=1S/C36H38F3N7O3/c37-21-14-36(9-3-11-45(36)16-21)19-49-35-42-32-26(15-41-31(30(32)39)25-13-24(47)12-20-4-1-5-27(38)29(20)25)33(43-35)44-17-22-7-8-23(18-44)46(22)34(48)28-6-2-10-40-28/h1,4-5,12-13,15,21-23,28,40,47H,2-3,6-11,14,16-19H2/t21-,22?,23?,28-,36+/m1/s1. The highest BCUT2D eigenvalue weighted by Gasteiger charge is 2.50. The summed E-state index contributed by atoms with van der Waals surface area (Å²) in [6, 6.07) is 6.95. The summed E-state index contributed by atoms with van der Waals surface area (Å²) in [6.45, 7) is 3.20. The lowest BCUT2D eigenvalue weighted by atomic mass is 9.95. The Morgan fingerprint density at radius 2 is 1.92 bits per heavy atom. The summed E-state index contributed by atoms with van der Waals surface area (Å²) < 4.78 is 52.8. The van der Waals surface area contributed by atoms with Gasteiger partial charge in [-0.05, 0) is 75.2 Å². The SMILES string of the molecule is O=C([C@H]1CCCN1)N1C2CCC1CN(c1nc(OC[C@@]34CCCN3C[C@H](F)C4)nc3c(F)c(-c4cc(O)cc5cccc(F)c45)ncc13)C2. The lowest BCUT2D eigenvalue weighted by Gasteiger charge is -2.42. The third kappa shape index (κ3) is 5.07. The molecule has 1 amide bonds. The number of carbonyl (C=O) groups is 1. The predicted molar refractivity (Wildman–Crippen MR) is 177 cm³/mol. The van der Waals surface area contributed by atoms with Crippen molar-refractivity contribution in [1.82, 2.24) is 30.1 Å². The van der Waals surface area contributed by atoms with Crippen LogP contribution in [0.15, 0.2) is 36.5 Å². The molecule has 5 aliphatic heterocycles. The van der Waals surface area contributed by atoms with Gasteiger partial charge in [0.25, 0.3) is 0 Å². The number of amides is 1. The maximum atomic E-state index is 16.8. The lowest BCUT2D eigenvalue weighted by molar-refractivity contribution is -0.136. The van der Waals surface area contributed by atoms with E-state index >= 15 is 8.78 Å². The minimum absolute atomic E-state index is 0.0207. The van der Waals surface area contributed by atoms with Crippen LogP contribution < -0.4 is 15.0 Å². The number of carbonyl (C=O) groups excluding carboxylic acids is 1. The van der Waals surface area contributed by atoms with Crippen LogP contribution in [0.5, 0.6) is 11.8 Å². The van der Waals surface area contributed by atoms with Gasteiger partial charge in [-0.2, -0.15) is 9.97 Å². The maximum absolute atomic E-state index is 16.8. The average Bonchev–Trinajstić information content (AvgIpc) is 3.87. The van der Waals surface area contributed by atoms with E-state index in [1.807, 2.05) is 4.90 Å². The molecule has 256 valence electrons. The quantitative estimate of drug-likeness (QED) is 0.301. The zero-order valence-corrected chi connectivity index (χ0v) is 27.0. The smallest absolute Gasteiger partial charge is 0.319 e. The summed E-state index contributed by atoms with van der Waals surface area (Å²) in [5.74, 6) is -0.924. The first kappa shape index (κ1) is 30.8. The van der Waals surface area contributed by atoms with Gasteiger partial charge in [0.05, 0.1) is 17.0 Å². The molecule has 4 aromatic rings. The van der Waals surface area contributed by atoms with Gasteiger partial charge in [0.1, 0.15) is 41.4 Å². The fraction of sp³-hybridized carbons (Fsp3) is 0.500. The molecule has 49 heavy (non-hydrogen) atoms. The summed E-state index contributed by atoms with van der Waals surface area (Å²) in [6.07, 6.45) is 6.20. The minimum atomic E-state index is -0.936. The van der Waals surface area contributed by atoms with Crippen molar-refractivity contribution in [3.8, 4) is 23.0 Å². The molecule has 2 N–H and O–H groups in total. The van der Waals surface area contributed by atoms with Crippen LogP contribution in [0.2, 0.25) is 0 Å². The van der Waals surface area contributed by atoms with E-state index in [2.05, 4.69) is 25.1 Å². The van der Waals surface area contributed by atoms with Crippen molar-refractivity contribution in [1.29, 1.82) is 0 Å². The number of phenols is 1. The number of rotatable bonds is 6. The summed E-state index contributed by atoms with van der Waals surface area (Å²) in [4.78, 5) is 33.7. The molecule has 0 radical (unpaired) electrons. The van der Waals surface area contributed by atoms with Gasteiger partial charge in [-0.15, -0.1) is 0 Å². The predicted octanol–water partition coefficient (Wildman–Crippen LogP) is 4.72. The van der Waals surface area contributed by atoms with Crippen molar-refractivity contribution < 1.29 is 27.8 Å². The second kappa shape index (κ2) is 11.7. The Morgan fingerprint density at radius 3 is 2.71 bits per heavy atom. The number of anilines is 1. The molecular weight excluding hydrogens is 635 g/mol. The van der Waals surface area contributed by atoms with Gasteiger partial charge in [0, 0.05) is 55.3 Å². The number of fused-ring (bicyclic) bond motifs is 5. The normalized spacial score (nSPS) is 28.2. The van der Waals surface area contributed by atoms with E-state index in [0.717, 1.165) is 51.6 Å². The fourth-order valence-corrected chi connectivity index (χ4v) is 9.23. The highest BCUT2D eigenvalue weighted by Crippen LogP contribution is 2.42. The monoisotopic (exact) mass is 673 g/mol. The van der Waals surface area contributed by atoms with Crippen LogP contribution in [-0.4, -0.2) is 105 Å². The number of piperazine rings is 1. The molecule has 5 aliphatic rings. The van der Waals surface area contributed by atoms with Crippen LogP contribution in [0.1, 0.15) is 44.9 Å². The van der Waals surface area contributed by atoms with Crippen molar-refractivity contribution in [2.24, 2.45) is 0 Å². The molecule has 2 unspecified atom stereocenters. The molecule has 13 heteroatoms. The third-order valence-corrected chi connectivity index (χ3v) is 11.4. The second-order valence-electron chi connectivity index (χ2n) is 14.4. The van der Waals surface area contributed by atoms with Crippen LogP contribution in [0, 0.1) is 11.6 Å². The van der Waals surface area contributed by atoms with Crippen molar-refractivity contribution in [2.75, 3.05) is 44.2 Å². The van der Waals surface area contributed by atoms with Gasteiger partial charge in [0.15, 0.2) is 5.82 Å². The highest BCUT2D eigenvalue weighted by molar-refractivity contribution is 6.00. The fourth-order valence-electron chi connectivity index (χ4n) is 9.23. The second-order valence-corrected chi connectivity index (χ2v) is 14.4. The molecule has 5 fully saturated rings. The number of nitrogens with one attached hydrogen (secondary N) is 1. The Kier molecular flexibility index (Phi) is 7.35. The van der Waals surface area contributed by atoms with Gasteiger partial charge in [-0.1, -0.05) is 12.1 Å². The number of halogens is 3. The van der Waals surface area contributed by atoms with Gasteiger partial charge in [0.2, 0.25) is 5.91 Å². The molecule has 0 spiro atoms. The zero-order chi connectivity index (χ0) is 33.4. The number of aromatic nitrogens is 3. The van der Waals surface area contributed by atoms with Crippen molar-refractivity contribution >= 4 is 33.4 Å². The number of alkyl halides is 1. The van der Waals surface area contributed by atoms with E-state index in [4.69, 9.17) is 9.72 Å². The number of aromatic hydroxyl groups is 1. The number of hydrogen-bond acceptors (Lipinski definition) is 9. The van der Waals surface area contributed by atoms with Crippen LogP contribution in [0.25, 0.3) is 32.9 Å². The van der Waals surface area contributed by atoms with E-state index in [0.29, 0.717) is 42.6 Å². The van der Waals surface area contributed by atoms with E-state index in [-0.39, 0.29) is 64.6 Å². The molecule has 2 aromatic heterocycles. The molecule has 7 heterocycles. The zero-order valence-electron chi connectivity index (χ0n) is 27.0. The molecule has 5 atom stereocenters. The first-order valence-corrected chi connectivity index (χ1v) is 17.4. The van der Waals surface area contributed by atoms with Crippen molar-refractivity contribution in [3.05, 3.63) is 48.2 Å². The van der Waals surface area contributed by atoms with E-state index < -0.39 is 23.3 Å². The number of pyridine rings is 1. The average molecular weight is 674 g/mol. The number of phenolic OH excluding ortho intramolecular Hbond substituents is 1. The number of nitrogens with zero attached hydrogens (tertiary/aromatic N) is 6. The highest BCUT2D eigenvalue weighted by atomic mass is 19.1. The molecular formula is C36H38F3N7O3. The Hall–Kier alpha value is -4.23. The summed E-state index contributed by atoms with van der Waals surface area (Å²) >= 11 is 0. The molecule has 0 aliphatic carbocycles. The van der Waals surface area contributed by atoms with Crippen LogP contribution in [-0.2, 0) is 4.79 Å². The van der Waals surface area contributed by atoms with Crippen molar-refractivity contribution in [2.45, 2.75) is 74.8 Å². The van der Waals surface area contributed by atoms with E-state index in [1.54, 1.807) is 6.07 Å². The molecule has 9 rings (SSSR count).